The van der Waals surface area contributed by atoms with Crippen molar-refractivity contribution in [2.45, 2.75) is 20.5 Å². The number of hydrogen-bond acceptors (Lipinski definition) is 7. The highest BCUT2D eigenvalue weighted by molar-refractivity contribution is 6.34. The summed E-state index contributed by atoms with van der Waals surface area (Å²) in [5.74, 6) is -1.25. The lowest BCUT2D eigenvalue weighted by Crippen LogP contribution is -2.19. The molecule has 7 nitrogen and oxygen atoms in total. The highest BCUT2D eigenvalue weighted by atomic mass is 35.5. The van der Waals surface area contributed by atoms with Crippen molar-refractivity contribution in [2.75, 3.05) is 26.9 Å². The Morgan fingerprint density at radius 2 is 1.89 bits per heavy atom. The van der Waals surface area contributed by atoms with Crippen LogP contribution in [0, 0.1) is 6.92 Å². The second kappa shape index (κ2) is 10.2. The highest BCUT2D eigenvalue weighted by Crippen LogP contribution is 2.36. The summed E-state index contributed by atoms with van der Waals surface area (Å²) in [6, 6.07) is 6.91. The summed E-state index contributed by atoms with van der Waals surface area (Å²) < 4.78 is 15.7. The van der Waals surface area contributed by atoms with E-state index in [0.29, 0.717) is 40.7 Å². The van der Waals surface area contributed by atoms with Crippen molar-refractivity contribution in [1.82, 2.24) is 4.98 Å². The van der Waals surface area contributed by atoms with Crippen molar-refractivity contribution >= 4 is 23.5 Å². The van der Waals surface area contributed by atoms with Crippen LogP contribution in [-0.2, 0) is 20.8 Å². The van der Waals surface area contributed by atoms with Gasteiger partial charge in [-0.05, 0) is 19.9 Å². The fourth-order valence-electron chi connectivity index (χ4n) is 2.83. The van der Waals surface area contributed by atoms with Crippen LogP contribution in [0.5, 0.6) is 0 Å². The highest BCUT2D eigenvalue weighted by Gasteiger charge is 2.29. The minimum atomic E-state index is -0.625. The number of halogens is 1. The molecule has 0 amide bonds. The lowest BCUT2D eigenvalue weighted by Gasteiger charge is -2.19. The Balaban J connectivity index is 2.86. The average Bonchev–Trinajstić information content (AvgIpc) is 2.67. The summed E-state index contributed by atoms with van der Waals surface area (Å²) in [6.45, 7) is 4.17. The average molecular weight is 407 g/mol. The molecule has 2 aromatic rings. The van der Waals surface area contributed by atoms with Gasteiger partial charge in [0.1, 0.15) is 0 Å². The molecular formula is C20H23ClN2O5. The molecule has 8 heteroatoms. The van der Waals surface area contributed by atoms with Gasteiger partial charge in [-0.2, -0.15) is 0 Å². The summed E-state index contributed by atoms with van der Waals surface area (Å²) >= 11 is 6.39. The maximum atomic E-state index is 12.8. The molecule has 2 rings (SSSR count). The van der Waals surface area contributed by atoms with E-state index in [1.165, 1.54) is 7.11 Å². The molecule has 0 aliphatic carbocycles. The van der Waals surface area contributed by atoms with Gasteiger partial charge in [-0.1, -0.05) is 29.8 Å². The lowest BCUT2D eigenvalue weighted by molar-refractivity contribution is 0.0518. The third kappa shape index (κ3) is 4.67. The Morgan fingerprint density at radius 3 is 2.50 bits per heavy atom. The number of methoxy groups -OCH3 is 1. The number of benzene rings is 1. The Kier molecular flexibility index (Phi) is 7.92. The Bertz CT molecular complexity index is 870. The zero-order valence-electron chi connectivity index (χ0n) is 16.1. The van der Waals surface area contributed by atoms with Crippen molar-refractivity contribution in [2.24, 2.45) is 5.73 Å². The molecule has 150 valence electrons. The monoisotopic (exact) mass is 406 g/mol. The molecule has 0 aliphatic rings. The number of hydrogen-bond donors (Lipinski definition) is 1. The zero-order chi connectivity index (χ0) is 20.7. The van der Waals surface area contributed by atoms with Crippen LogP contribution < -0.4 is 5.73 Å². The van der Waals surface area contributed by atoms with E-state index in [2.05, 4.69) is 4.98 Å². The molecule has 0 unspecified atom stereocenters. The third-order valence-electron chi connectivity index (χ3n) is 3.97. The zero-order valence-corrected chi connectivity index (χ0v) is 16.8. The van der Waals surface area contributed by atoms with Crippen LogP contribution in [0.3, 0.4) is 0 Å². The first-order valence-corrected chi connectivity index (χ1v) is 9.15. The number of pyridine rings is 1. The number of esters is 2. The number of ether oxygens (including phenoxy) is 3. The van der Waals surface area contributed by atoms with Gasteiger partial charge in [0.25, 0.3) is 0 Å². The van der Waals surface area contributed by atoms with Crippen LogP contribution in [0.25, 0.3) is 11.1 Å². The molecule has 0 saturated carbocycles. The minimum Gasteiger partial charge on any atom is -0.465 e. The van der Waals surface area contributed by atoms with Gasteiger partial charge >= 0.3 is 11.9 Å². The van der Waals surface area contributed by atoms with Crippen molar-refractivity contribution < 1.29 is 23.8 Å². The molecule has 0 spiro atoms. The number of nitrogens with zero attached hydrogens (tertiary/aromatic N) is 1. The predicted molar refractivity (Wildman–Crippen MR) is 105 cm³/mol. The first-order valence-electron chi connectivity index (χ1n) is 8.77. The van der Waals surface area contributed by atoms with Crippen LogP contribution in [0.4, 0.5) is 0 Å². The first kappa shape index (κ1) is 21.8. The largest absolute Gasteiger partial charge is 0.465 e. The third-order valence-corrected chi connectivity index (χ3v) is 4.30. The van der Waals surface area contributed by atoms with Crippen LogP contribution in [-0.4, -0.2) is 43.8 Å². The molecule has 1 aromatic heterocycles. The van der Waals surface area contributed by atoms with Gasteiger partial charge < -0.3 is 19.9 Å². The van der Waals surface area contributed by atoms with Crippen molar-refractivity contribution in [3.8, 4) is 11.1 Å². The summed E-state index contributed by atoms with van der Waals surface area (Å²) in [6.07, 6.45) is 0. The molecule has 0 bridgehead atoms. The van der Waals surface area contributed by atoms with E-state index in [9.17, 15) is 9.59 Å². The minimum absolute atomic E-state index is 0.0328. The maximum Gasteiger partial charge on any atom is 0.340 e. The smallest absolute Gasteiger partial charge is 0.340 e. The topological polar surface area (TPSA) is 101 Å². The normalized spacial score (nSPS) is 10.6. The van der Waals surface area contributed by atoms with E-state index in [1.54, 1.807) is 38.1 Å². The van der Waals surface area contributed by atoms with E-state index in [-0.39, 0.29) is 24.3 Å². The molecule has 0 aliphatic heterocycles. The number of nitrogens with two attached hydrogens (primary N) is 1. The van der Waals surface area contributed by atoms with Gasteiger partial charge in [0.2, 0.25) is 0 Å². The first-order chi connectivity index (χ1) is 13.5. The number of aromatic nitrogens is 1. The SMILES string of the molecule is CCOC(=O)c1c(COCCN)nc(C)c(C(=O)OC)c1-c1ccccc1Cl. The van der Waals surface area contributed by atoms with Gasteiger partial charge in [0, 0.05) is 22.7 Å². The number of aryl methyl sites for hydroxylation is 1. The molecule has 0 saturated heterocycles. The van der Waals surface area contributed by atoms with Crippen LogP contribution in [0.1, 0.15) is 39.0 Å². The quantitative estimate of drug-likeness (QED) is 0.530. The van der Waals surface area contributed by atoms with Gasteiger partial charge in [-0.15, -0.1) is 0 Å². The van der Waals surface area contributed by atoms with E-state index in [0.717, 1.165) is 0 Å². The summed E-state index contributed by atoms with van der Waals surface area (Å²) in [4.78, 5) is 29.8. The van der Waals surface area contributed by atoms with E-state index >= 15 is 0 Å². The molecular weight excluding hydrogens is 384 g/mol. The van der Waals surface area contributed by atoms with Gasteiger partial charge in [0.05, 0.1) is 49.4 Å². The van der Waals surface area contributed by atoms with Crippen molar-refractivity contribution in [3.63, 3.8) is 0 Å². The second-order valence-electron chi connectivity index (χ2n) is 5.80. The van der Waals surface area contributed by atoms with Crippen molar-refractivity contribution in [1.29, 1.82) is 0 Å². The molecule has 28 heavy (non-hydrogen) atoms. The maximum absolute atomic E-state index is 12.8. The van der Waals surface area contributed by atoms with Crippen molar-refractivity contribution in [3.05, 3.63) is 51.8 Å². The number of rotatable bonds is 8. The van der Waals surface area contributed by atoms with Crippen LogP contribution >= 0.6 is 11.6 Å². The van der Waals surface area contributed by atoms with Crippen LogP contribution in [0.2, 0.25) is 5.02 Å². The molecule has 0 atom stereocenters. The summed E-state index contributed by atoms with van der Waals surface area (Å²) in [5.41, 5.74) is 7.29. The Labute approximate surface area is 168 Å². The number of carbonyl (C=O) groups excluding carboxylic acids is 2. The van der Waals surface area contributed by atoms with Gasteiger partial charge in [0.15, 0.2) is 0 Å². The molecule has 1 aromatic carbocycles. The van der Waals surface area contributed by atoms with E-state index in [4.69, 9.17) is 31.5 Å². The lowest BCUT2D eigenvalue weighted by atomic mass is 9.92. The number of carbonyl (C=O) groups is 2. The predicted octanol–water partition coefficient (Wildman–Crippen LogP) is 3.15. The van der Waals surface area contributed by atoms with E-state index in [1.807, 2.05) is 0 Å². The van der Waals surface area contributed by atoms with Gasteiger partial charge in [-0.25, -0.2) is 9.59 Å². The van der Waals surface area contributed by atoms with E-state index < -0.39 is 11.9 Å². The fourth-order valence-corrected chi connectivity index (χ4v) is 3.06. The molecule has 1 heterocycles. The fraction of sp³-hybridized carbons (Fsp3) is 0.350. The summed E-state index contributed by atoms with van der Waals surface area (Å²) in [5, 5.41) is 0.373. The standard InChI is InChI=1S/C20H23ClN2O5/c1-4-28-20(25)18-15(11-27-10-9-22)23-12(2)16(19(24)26-3)17(18)13-7-5-6-8-14(13)21/h5-8H,4,9-11,22H2,1-3H3. The molecule has 0 fully saturated rings. The summed E-state index contributed by atoms with van der Waals surface area (Å²) in [7, 11) is 1.26. The Morgan fingerprint density at radius 1 is 1.18 bits per heavy atom. The molecule has 2 N–H and O–H groups in total. The van der Waals surface area contributed by atoms with Gasteiger partial charge in [-0.3, -0.25) is 4.98 Å². The Hall–Kier alpha value is -2.48. The van der Waals surface area contributed by atoms with Crippen LogP contribution in [0.15, 0.2) is 24.3 Å². The second-order valence-corrected chi connectivity index (χ2v) is 6.21. The molecule has 0 radical (unpaired) electrons.